The average molecular weight is 215 g/mol. The second-order valence-electron chi connectivity index (χ2n) is 2.85. The van der Waals surface area contributed by atoms with Gasteiger partial charge < -0.3 is 11.1 Å². The molecule has 1 amide bonds. The summed E-state index contributed by atoms with van der Waals surface area (Å²) >= 11 is 5.80. The number of nitrogens with two attached hydrogens (primary N) is 1. The fraction of sp³-hybridized carbons (Fsp3) is 0.375. The van der Waals surface area contributed by atoms with Gasteiger partial charge in [0.05, 0.1) is 17.9 Å². The molecular formula is C8H11ClN4O. The number of halogens is 1. The van der Waals surface area contributed by atoms with Crippen molar-refractivity contribution >= 4 is 23.3 Å². The predicted molar refractivity (Wildman–Crippen MR) is 54.2 cm³/mol. The zero-order chi connectivity index (χ0) is 10.7. The number of nitrogens with one attached hydrogen (secondary N) is 1. The van der Waals surface area contributed by atoms with Gasteiger partial charge in [0.2, 0.25) is 5.91 Å². The van der Waals surface area contributed by atoms with E-state index in [0.29, 0.717) is 5.82 Å². The van der Waals surface area contributed by atoms with E-state index in [9.17, 15) is 4.79 Å². The van der Waals surface area contributed by atoms with Gasteiger partial charge in [-0.05, 0) is 13.8 Å². The first-order chi connectivity index (χ1) is 6.50. The van der Waals surface area contributed by atoms with E-state index < -0.39 is 5.91 Å². The van der Waals surface area contributed by atoms with Crippen LogP contribution in [0.5, 0.6) is 0 Å². The molecule has 76 valence electrons. The highest BCUT2D eigenvalue weighted by Gasteiger charge is 2.06. The molecule has 0 aliphatic heterocycles. The van der Waals surface area contributed by atoms with Crippen molar-refractivity contribution in [2.75, 3.05) is 11.9 Å². The van der Waals surface area contributed by atoms with Crippen LogP contribution >= 0.6 is 11.6 Å². The van der Waals surface area contributed by atoms with Crippen LogP contribution in [0.1, 0.15) is 11.4 Å². The Morgan fingerprint density at radius 3 is 2.57 bits per heavy atom. The molecular weight excluding hydrogens is 204 g/mol. The number of primary amides is 1. The second-order valence-corrected chi connectivity index (χ2v) is 3.21. The first kappa shape index (κ1) is 10.7. The van der Waals surface area contributed by atoms with Gasteiger partial charge >= 0.3 is 0 Å². The van der Waals surface area contributed by atoms with Gasteiger partial charge in [0, 0.05) is 0 Å². The Bertz CT molecular complexity index is 367. The molecule has 0 spiro atoms. The second kappa shape index (κ2) is 4.23. The maximum atomic E-state index is 10.5. The van der Waals surface area contributed by atoms with E-state index in [1.165, 1.54) is 0 Å². The zero-order valence-electron chi connectivity index (χ0n) is 7.97. The normalized spacial score (nSPS) is 9.93. The average Bonchev–Trinajstić information content (AvgIpc) is 2.09. The number of carbonyl (C=O) groups is 1. The van der Waals surface area contributed by atoms with E-state index in [1.54, 1.807) is 0 Å². The van der Waals surface area contributed by atoms with Gasteiger partial charge in [-0.15, -0.1) is 0 Å². The van der Waals surface area contributed by atoms with Crippen LogP contribution in [0.4, 0.5) is 5.82 Å². The first-order valence-corrected chi connectivity index (χ1v) is 4.41. The van der Waals surface area contributed by atoms with E-state index in [4.69, 9.17) is 17.3 Å². The number of rotatable bonds is 3. The summed E-state index contributed by atoms with van der Waals surface area (Å²) in [6.07, 6.45) is 0. The largest absolute Gasteiger partial charge is 0.368 e. The van der Waals surface area contributed by atoms with E-state index in [1.807, 2.05) is 13.8 Å². The van der Waals surface area contributed by atoms with Gasteiger partial charge in [0.15, 0.2) is 11.0 Å². The molecule has 6 heteroatoms. The highest BCUT2D eigenvalue weighted by molar-refractivity contribution is 6.31. The molecule has 0 aromatic carbocycles. The summed E-state index contributed by atoms with van der Waals surface area (Å²) in [7, 11) is 0. The van der Waals surface area contributed by atoms with Crippen molar-refractivity contribution in [1.29, 1.82) is 0 Å². The summed E-state index contributed by atoms with van der Waals surface area (Å²) in [6, 6.07) is 0. The molecule has 5 nitrogen and oxygen atoms in total. The Balaban J connectivity index is 2.87. The molecule has 3 N–H and O–H groups in total. The van der Waals surface area contributed by atoms with Gasteiger partial charge in [-0.2, -0.15) is 0 Å². The van der Waals surface area contributed by atoms with E-state index in [0.717, 1.165) is 11.4 Å². The fourth-order valence-electron chi connectivity index (χ4n) is 0.859. The van der Waals surface area contributed by atoms with Gasteiger partial charge in [0.1, 0.15) is 0 Å². The standard InChI is InChI=1S/C8H11ClN4O/c1-4-5(2)13-8(7(9)12-4)11-3-6(10)14/h3H2,1-2H3,(H2,10,14)(H,11,13). The van der Waals surface area contributed by atoms with Crippen LogP contribution in [-0.4, -0.2) is 22.4 Å². The van der Waals surface area contributed by atoms with Crippen LogP contribution in [0.2, 0.25) is 5.15 Å². The predicted octanol–water partition coefficient (Wildman–Crippen LogP) is 0.644. The smallest absolute Gasteiger partial charge is 0.236 e. The van der Waals surface area contributed by atoms with E-state index >= 15 is 0 Å². The molecule has 0 saturated heterocycles. The highest BCUT2D eigenvalue weighted by atomic mass is 35.5. The van der Waals surface area contributed by atoms with Crippen LogP contribution in [0.25, 0.3) is 0 Å². The Morgan fingerprint density at radius 2 is 2.00 bits per heavy atom. The van der Waals surface area contributed by atoms with Crippen LogP contribution in [-0.2, 0) is 4.79 Å². The first-order valence-electron chi connectivity index (χ1n) is 4.03. The Kier molecular flexibility index (Phi) is 3.24. The summed E-state index contributed by atoms with van der Waals surface area (Å²) < 4.78 is 0. The lowest BCUT2D eigenvalue weighted by Crippen LogP contribution is -2.22. The molecule has 0 aliphatic rings. The Hall–Kier alpha value is -1.36. The Morgan fingerprint density at radius 1 is 1.43 bits per heavy atom. The summed E-state index contributed by atoms with van der Waals surface area (Å²) in [5, 5.41) is 2.95. The van der Waals surface area contributed by atoms with Crippen molar-refractivity contribution in [1.82, 2.24) is 9.97 Å². The van der Waals surface area contributed by atoms with Crippen molar-refractivity contribution < 1.29 is 4.79 Å². The van der Waals surface area contributed by atoms with E-state index in [2.05, 4.69) is 15.3 Å². The number of nitrogens with zero attached hydrogens (tertiary/aromatic N) is 2. The molecule has 0 fully saturated rings. The van der Waals surface area contributed by atoms with Crippen molar-refractivity contribution in [3.63, 3.8) is 0 Å². The molecule has 1 rings (SSSR count). The third kappa shape index (κ3) is 2.56. The summed E-state index contributed by atoms with van der Waals surface area (Å²) in [4.78, 5) is 18.7. The lowest BCUT2D eigenvalue weighted by Gasteiger charge is -2.07. The minimum atomic E-state index is -0.471. The number of carbonyl (C=O) groups excluding carboxylic acids is 1. The molecule has 0 atom stereocenters. The quantitative estimate of drug-likeness (QED) is 0.774. The lowest BCUT2D eigenvalue weighted by atomic mass is 10.3. The topological polar surface area (TPSA) is 80.9 Å². The van der Waals surface area contributed by atoms with Gasteiger partial charge in [-0.25, -0.2) is 9.97 Å². The Labute approximate surface area is 86.7 Å². The van der Waals surface area contributed by atoms with Crippen molar-refractivity contribution in [2.45, 2.75) is 13.8 Å². The van der Waals surface area contributed by atoms with Crippen LogP contribution in [0.15, 0.2) is 0 Å². The lowest BCUT2D eigenvalue weighted by molar-refractivity contribution is -0.116. The third-order valence-corrected chi connectivity index (χ3v) is 1.96. The number of hydrogen-bond donors (Lipinski definition) is 2. The molecule has 0 saturated carbocycles. The fourth-order valence-corrected chi connectivity index (χ4v) is 1.09. The molecule has 1 aromatic heterocycles. The van der Waals surface area contributed by atoms with E-state index in [-0.39, 0.29) is 11.7 Å². The maximum absolute atomic E-state index is 10.5. The molecule has 0 radical (unpaired) electrons. The summed E-state index contributed by atoms with van der Waals surface area (Å²) in [5.74, 6) is -0.0883. The zero-order valence-corrected chi connectivity index (χ0v) is 8.72. The molecule has 0 aliphatic carbocycles. The molecule has 1 aromatic rings. The summed E-state index contributed by atoms with van der Waals surface area (Å²) in [5.41, 5.74) is 6.49. The van der Waals surface area contributed by atoms with Gasteiger partial charge in [-0.1, -0.05) is 11.6 Å². The maximum Gasteiger partial charge on any atom is 0.236 e. The number of aromatic nitrogens is 2. The number of aryl methyl sites for hydroxylation is 2. The SMILES string of the molecule is Cc1nc(Cl)c(NCC(N)=O)nc1C. The van der Waals surface area contributed by atoms with Gasteiger partial charge in [0.25, 0.3) is 0 Å². The van der Waals surface area contributed by atoms with Crippen LogP contribution in [0, 0.1) is 13.8 Å². The minimum Gasteiger partial charge on any atom is -0.368 e. The molecule has 1 heterocycles. The minimum absolute atomic E-state index is 0.00307. The summed E-state index contributed by atoms with van der Waals surface area (Å²) in [6.45, 7) is 3.62. The van der Waals surface area contributed by atoms with Crippen molar-refractivity contribution in [3.8, 4) is 0 Å². The number of anilines is 1. The molecule has 0 unspecified atom stereocenters. The third-order valence-electron chi connectivity index (χ3n) is 1.69. The van der Waals surface area contributed by atoms with Crippen LogP contribution in [0.3, 0.4) is 0 Å². The molecule has 14 heavy (non-hydrogen) atoms. The van der Waals surface area contributed by atoms with Crippen LogP contribution < -0.4 is 11.1 Å². The number of hydrogen-bond acceptors (Lipinski definition) is 4. The van der Waals surface area contributed by atoms with Crippen molar-refractivity contribution in [3.05, 3.63) is 16.5 Å². The van der Waals surface area contributed by atoms with Gasteiger partial charge in [-0.3, -0.25) is 4.79 Å². The highest BCUT2D eigenvalue weighted by Crippen LogP contribution is 2.17. The molecule has 0 bridgehead atoms. The number of amides is 1. The monoisotopic (exact) mass is 214 g/mol. The van der Waals surface area contributed by atoms with Crippen molar-refractivity contribution in [2.24, 2.45) is 5.73 Å².